The molecule has 1 aromatic rings. The van der Waals surface area contributed by atoms with Crippen LogP contribution in [0.3, 0.4) is 0 Å². The number of carbonyl (C=O) groups is 1. The fraction of sp³-hybridized carbons (Fsp3) is 0.462. The Kier molecular flexibility index (Phi) is 6.14. The lowest BCUT2D eigenvalue weighted by Gasteiger charge is -2.07. The normalized spacial score (nSPS) is 10.3. The Hall–Kier alpha value is -1.62. The monoisotopic (exact) mass is 254 g/mol. The maximum absolute atomic E-state index is 13.4. The van der Waals surface area contributed by atoms with Crippen LogP contribution < -0.4 is 11.1 Å². The van der Waals surface area contributed by atoms with Crippen LogP contribution in [0.25, 0.3) is 0 Å². The molecule has 0 atom stereocenters. The molecule has 4 nitrogen and oxygen atoms in total. The van der Waals surface area contributed by atoms with E-state index in [0.717, 1.165) is 13.0 Å². The van der Waals surface area contributed by atoms with E-state index in [1.54, 1.807) is 0 Å². The molecular formula is C13H19FN2O2. The molecule has 0 aromatic heterocycles. The molecule has 0 bridgehead atoms. The Morgan fingerprint density at radius 3 is 2.94 bits per heavy atom. The van der Waals surface area contributed by atoms with Crippen molar-refractivity contribution in [3.8, 4) is 0 Å². The van der Waals surface area contributed by atoms with Gasteiger partial charge in [0.05, 0.1) is 5.56 Å². The summed E-state index contributed by atoms with van der Waals surface area (Å²) >= 11 is 0. The van der Waals surface area contributed by atoms with E-state index < -0.39 is 11.7 Å². The van der Waals surface area contributed by atoms with Crippen LogP contribution in [-0.2, 0) is 4.74 Å². The summed E-state index contributed by atoms with van der Waals surface area (Å²) in [6.45, 7) is 3.80. The number of hydrogen-bond acceptors (Lipinski definition) is 3. The molecule has 0 radical (unpaired) electrons. The molecule has 1 amide bonds. The predicted molar refractivity (Wildman–Crippen MR) is 68.9 cm³/mol. The number of nitrogen functional groups attached to an aromatic ring is 1. The van der Waals surface area contributed by atoms with Crippen molar-refractivity contribution < 1.29 is 13.9 Å². The van der Waals surface area contributed by atoms with Gasteiger partial charge in [0.25, 0.3) is 5.91 Å². The number of hydrogen-bond donors (Lipinski definition) is 2. The smallest absolute Gasteiger partial charge is 0.254 e. The number of rotatable bonds is 7. The Balaban J connectivity index is 2.34. The van der Waals surface area contributed by atoms with Crippen molar-refractivity contribution in [1.82, 2.24) is 5.32 Å². The molecule has 3 N–H and O–H groups in total. The number of amides is 1. The van der Waals surface area contributed by atoms with E-state index in [1.807, 2.05) is 6.92 Å². The summed E-state index contributed by atoms with van der Waals surface area (Å²) in [5.41, 5.74) is 5.85. The average molecular weight is 254 g/mol. The van der Waals surface area contributed by atoms with Crippen LogP contribution in [0.2, 0.25) is 0 Å². The molecule has 1 rings (SSSR count). The van der Waals surface area contributed by atoms with Crippen molar-refractivity contribution in [2.24, 2.45) is 0 Å². The van der Waals surface area contributed by atoms with Gasteiger partial charge in [0.15, 0.2) is 0 Å². The molecule has 5 heteroatoms. The number of carbonyl (C=O) groups excluding carboxylic acids is 1. The highest BCUT2D eigenvalue weighted by Crippen LogP contribution is 2.11. The van der Waals surface area contributed by atoms with Gasteiger partial charge in [-0.3, -0.25) is 4.79 Å². The Bertz CT molecular complexity index is 397. The van der Waals surface area contributed by atoms with Gasteiger partial charge in [0.1, 0.15) is 5.82 Å². The van der Waals surface area contributed by atoms with E-state index in [2.05, 4.69) is 5.32 Å². The van der Waals surface area contributed by atoms with Crippen molar-refractivity contribution in [3.63, 3.8) is 0 Å². The first-order valence-electron chi connectivity index (χ1n) is 6.06. The minimum absolute atomic E-state index is 0.0236. The standard InChI is InChI=1S/C13H19FN2O2/c1-2-7-18-8-3-6-16-13(17)11-9-10(15)4-5-12(11)14/h4-5,9H,2-3,6-8,15H2,1H3,(H,16,17). The molecule has 100 valence electrons. The topological polar surface area (TPSA) is 64.3 Å². The van der Waals surface area contributed by atoms with Crippen molar-refractivity contribution in [3.05, 3.63) is 29.6 Å². The largest absolute Gasteiger partial charge is 0.399 e. The first-order chi connectivity index (χ1) is 8.65. The van der Waals surface area contributed by atoms with Crippen molar-refractivity contribution in [2.75, 3.05) is 25.5 Å². The molecule has 1 aromatic carbocycles. The third kappa shape index (κ3) is 4.71. The van der Waals surface area contributed by atoms with E-state index in [9.17, 15) is 9.18 Å². The van der Waals surface area contributed by atoms with Gasteiger partial charge < -0.3 is 15.8 Å². The van der Waals surface area contributed by atoms with E-state index in [1.165, 1.54) is 18.2 Å². The zero-order valence-corrected chi connectivity index (χ0v) is 10.5. The number of halogens is 1. The lowest BCUT2D eigenvalue weighted by atomic mass is 10.1. The van der Waals surface area contributed by atoms with Gasteiger partial charge >= 0.3 is 0 Å². The number of ether oxygens (including phenoxy) is 1. The van der Waals surface area contributed by atoms with E-state index in [-0.39, 0.29) is 5.56 Å². The highest BCUT2D eigenvalue weighted by atomic mass is 19.1. The van der Waals surface area contributed by atoms with Crippen LogP contribution in [0.15, 0.2) is 18.2 Å². The van der Waals surface area contributed by atoms with Crippen LogP contribution in [0, 0.1) is 5.82 Å². The number of anilines is 1. The molecule has 0 saturated carbocycles. The number of nitrogens with one attached hydrogen (secondary N) is 1. The van der Waals surface area contributed by atoms with Crippen LogP contribution in [-0.4, -0.2) is 25.7 Å². The third-order valence-corrected chi connectivity index (χ3v) is 2.33. The summed E-state index contributed by atoms with van der Waals surface area (Å²) < 4.78 is 18.6. The molecular weight excluding hydrogens is 235 g/mol. The molecule has 0 aliphatic heterocycles. The highest BCUT2D eigenvalue weighted by molar-refractivity contribution is 5.95. The quantitative estimate of drug-likeness (QED) is 0.577. The summed E-state index contributed by atoms with van der Waals surface area (Å²) in [5.74, 6) is -1.01. The second kappa shape index (κ2) is 7.66. The van der Waals surface area contributed by atoms with Gasteiger partial charge in [-0.2, -0.15) is 0 Å². The van der Waals surface area contributed by atoms with E-state index in [0.29, 0.717) is 25.3 Å². The zero-order chi connectivity index (χ0) is 13.4. The Morgan fingerprint density at radius 2 is 2.22 bits per heavy atom. The van der Waals surface area contributed by atoms with Gasteiger partial charge in [0, 0.05) is 25.4 Å². The molecule has 0 spiro atoms. The zero-order valence-electron chi connectivity index (χ0n) is 10.5. The summed E-state index contributed by atoms with van der Waals surface area (Å²) in [4.78, 5) is 11.7. The Labute approximate surface area is 106 Å². The van der Waals surface area contributed by atoms with Crippen molar-refractivity contribution in [1.29, 1.82) is 0 Å². The first-order valence-corrected chi connectivity index (χ1v) is 6.06. The van der Waals surface area contributed by atoms with Gasteiger partial charge in [0.2, 0.25) is 0 Å². The summed E-state index contributed by atoms with van der Waals surface area (Å²) in [6, 6.07) is 3.94. The van der Waals surface area contributed by atoms with Gasteiger partial charge in [-0.25, -0.2) is 4.39 Å². The minimum atomic E-state index is -0.566. The minimum Gasteiger partial charge on any atom is -0.399 e. The van der Waals surface area contributed by atoms with Crippen molar-refractivity contribution >= 4 is 11.6 Å². The highest BCUT2D eigenvalue weighted by Gasteiger charge is 2.10. The van der Waals surface area contributed by atoms with Crippen LogP contribution in [0.4, 0.5) is 10.1 Å². The fourth-order valence-electron chi connectivity index (χ4n) is 1.43. The molecule has 18 heavy (non-hydrogen) atoms. The molecule has 0 fully saturated rings. The third-order valence-electron chi connectivity index (χ3n) is 2.33. The Morgan fingerprint density at radius 1 is 1.44 bits per heavy atom. The number of benzene rings is 1. The average Bonchev–Trinajstić information content (AvgIpc) is 2.36. The van der Waals surface area contributed by atoms with Crippen LogP contribution >= 0.6 is 0 Å². The number of nitrogens with two attached hydrogens (primary N) is 1. The first kappa shape index (κ1) is 14.4. The maximum atomic E-state index is 13.4. The van der Waals surface area contributed by atoms with E-state index in [4.69, 9.17) is 10.5 Å². The molecule has 0 heterocycles. The predicted octanol–water partition coefficient (Wildman–Crippen LogP) is 1.95. The van der Waals surface area contributed by atoms with Gasteiger partial charge in [-0.05, 0) is 31.0 Å². The van der Waals surface area contributed by atoms with E-state index >= 15 is 0 Å². The SMILES string of the molecule is CCCOCCCNC(=O)c1cc(N)ccc1F. The molecule has 0 saturated heterocycles. The molecule has 0 aliphatic carbocycles. The second-order valence-corrected chi connectivity index (χ2v) is 3.96. The molecule has 0 unspecified atom stereocenters. The summed E-state index contributed by atoms with van der Waals surface area (Å²) in [6.07, 6.45) is 1.68. The molecule has 0 aliphatic rings. The van der Waals surface area contributed by atoms with Crippen molar-refractivity contribution in [2.45, 2.75) is 19.8 Å². The second-order valence-electron chi connectivity index (χ2n) is 3.96. The van der Waals surface area contributed by atoms with Gasteiger partial charge in [-0.15, -0.1) is 0 Å². The van der Waals surface area contributed by atoms with Crippen LogP contribution in [0.1, 0.15) is 30.1 Å². The maximum Gasteiger partial charge on any atom is 0.254 e. The summed E-state index contributed by atoms with van der Waals surface area (Å²) in [7, 11) is 0. The summed E-state index contributed by atoms with van der Waals surface area (Å²) in [5, 5.41) is 2.63. The van der Waals surface area contributed by atoms with Gasteiger partial charge in [-0.1, -0.05) is 6.92 Å². The fourth-order valence-corrected chi connectivity index (χ4v) is 1.43. The lowest BCUT2D eigenvalue weighted by Crippen LogP contribution is -2.26. The van der Waals surface area contributed by atoms with Crippen LogP contribution in [0.5, 0.6) is 0 Å². The lowest BCUT2D eigenvalue weighted by molar-refractivity contribution is 0.0937.